The molecule has 70 valence electrons. The SMILES string of the molecule is CC1(C)CNc2c(Br)ccc(Br)c21. The molecule has 2 rings (SSSR count). The van der Waals surface area contributed by atoms with Gasteiger partial charge < -0.3 is 5.32 Å². The molecule has 0 spiro atoms. The Kier molecular flexibility index (Phi) is 2.19. The minimum atomic E-state index is 0.220. The lowest BCUT2D eigenvalue weighted by molar-refractivity contribution is 0.583. The molecule has 3 heteroatoms. The Morgan fingerprint density at radius 3 is 2.46 bits per heavy atom. The van der Waals surface area contributed by atoms with Gasteiger partial charge in [-0.25, -0.2) is 0 Å². The zero-order valence-corrected chi connectivity index (χ0v) is 10.8. The van der Waals surface area contributed by atoms with E-state index in [9.17, 15) is 0 Å². The van der Waals surface area contributed by atoms with Crippen molar-refractivity contribution in [2.45, 2.75) is 19.3 Å². The monoisotopic (exact) mass is 303 g/mol. The second-order valence-corrected chi connectivity index (χ2v) is 5.73. The van der Waals surface area contributed by atoms with E-state index in [0.29, 0.717) is 0 Å². The number of fused-ring (bicyclic) bond motifs is 1. The Bertz CT molecular complexity index is 358. The van der Waals surface area contributed by atoms with Gasteiger partial charge >= 0.3 is 0 Å². The van der Waals surface area contributed by atoms with Crippen molar-refractivity contribution >= 4 is 37.5 Å². The van der Waals surface area contributed by atoms with E-state index in [1.165, 1.54) is 15.7 Å². The van der Waals surface area contributed by atoms with Gasteiger partial charge in [0.25, 0.3) is 0 Å². The number of benzene rings is 1. The van der Waals surface area contributed by atoms with Crippen LogP contribution in [-0.4, -0.2) is 6.54 Å². The first kappa shape index (κ1) is 9.53. The fourth-order valence-corrected chi connectivity index (χ4v) is 3.12. The van der Waals surface area contributed by atoms with Crippen molar-refractivity contribution in [3.05, 3.63) is 26.6 Å². The minimum Gasteiger partial charge on any atom is -0.383 e. The first-order chi connectivity index (χ1) is 6.02. The lowest BCUT2D eigenvalue weighted by Crippen LogP contribution is -2.19. The second kappa shape index (κ2) is 2.99. The summed E-state index contributed by atoms with van der Waals surface area (Å²) in [6.45, 7) is 5.51. The topological polar surface area (TPSA) is 12.0 Å². The van der Waals surface area contributed by atoms with Crippen LogP contribution in [0.25, 0.3) is 0 Å². The van der Waals surface area contributed by atoms with Crippen LogP contribution in [0, 0.1) is 0 Å². The Balaban J connectivity index is 2.70. The molecular formula is C10H11Br2N. The highest BCUT2D eigenvalue weighted by Gasteiger charge is 2.32. The highest BCUT2D eigenvalue weighted by atomic mass is 79.9. The van der Waals surface area contributed by atoms with Crippen LogP contribution in [0.2, 0.25) is 0 Å². The third kappa shape index (κ3) is 1.42. The normalized spacial score (nSPS) is 18.2. The van der Waals surface area contributed by atoms with E-state index in [-0.39, 0.29) is 5.41 Å². The quantitative estimate of drug-likeness (QED) is 0.766. The summed E-state index contributed by atoms with van der Waals surface area (Å²) < 4.78 is 2.34. The van der Waals surface area contributed by atoms with E-state index in [1.54, 1.807) is 0 Å². The van der Waals surface area contributed by atoms with Crippen LogP contribution < -0.4 is 5.32 Å². The molecule has 1 aromatic rings. The summed E-state index contributed by atoms with van der Waals surface area (Å²) in [6, 6.07) is 4.16. The molecule has 0 bridgehead atoms. The highest BCUT2D eigenvalue weighted by molar-refractivity contribution is 9.11. The van der Waals surface area contributed by atoms with Crippen molar-refractivity contribution in [3.63, 3.8) is 0 Å². The predicted octanol–water partition coefficient (Wildman–Crippen LogP) is 3.91. The van der Waals surface area contributed by atoms with Crippen LogP contribution in [-0.2, 0) is 5.41 Å². The molecule has 0 unspecified atom stereocenters. The van der Waals surface area contributed by atoms with E-state index in [4.69, 9.17) is 0 Å². The van der Waals surface area contributed by atoms with Gasteiger partial charge in [-0.05, 0) is 33.6 Å². The molecule has 1 aliphatic heterocycles. The number of hydrogen-bond acceptors (Lipinski definition) is 1. The van der Waals surface area contributed by atoms with Crippen LogP contribution >= 0.6 is 31.9 Å². The third-order valence-corrected chi connectivity index (χ3v) is 3.81. The Labute approximate surface area is 95.2 Å². The molecule has 0 aliphatic carbocycles. The Hall–Kier alpha value is -0.0200. The maximum absolute atomic E-state index is 3.60. The molecule has 1 heterocycles. The molecule has 0 atom stereocenters. The summed E-state index contributed by atoms with van der Waals surface area (Å²) in [5.41, 5.74) is 2.83. The van der Waals surface area contributed by atoms with Crippen LogP contribution in [0.4, 0.5) is 5.69 Å². The fourth-order valence-electron chi connectivity index (χ4n) is 1.78. The maximum Gasteiger partial charge on any atom is 0.0535 e. The van der Waals surface area contributed by atoms with Gasteiger partial charge in [0.2, 0.25) is 0 Å². The van der Waals surface area contributed by atoms with Crippen molar-refractivity contribution in [3.8, 4) is 0 Å². The van der Waals surface area contributed by atoms with Gasteiger partial charge in [-0.3, -0.25) is 0 Å². The highest BCUT2D eigenvalue weighted by Crippen LogP contribution is 2.44. The number of hydrogen-bond donors (Lipinski definition) is 1. The van der Waals surface area contributed by atoms with Gasteiger partial charge in [-0.15, -0.1) is 0 Å². The van der Waals surface area contributed by atoms with Crippen molar-refractivity contribution < 1.29 is 0 Å². The first-order valence-electron chi connectivity index (χ1n) is 4.25. The van der Waals surface area contributed by atoms with E-state index in [0.717, 1.165) is 11.0 Å². The molecule has 13 heavy (non-hydrogen) atoms. The number of nitrogens with one attached hydrogen (secondary N) is 1. The standard InChI is InChI=1S/C10H11Br2N/c1-10(2)5-13-9-7(12)4-3-6(11)8(9)10/h3-4,13H,5H2,1-2H3. The summed E-state index contributed by atoms with van der Waals surface area (Å²) >= 11 is 7.15. The second-order valence-electron chi connectivity index (χ2n) is 4.02. The molecule has 0 radical (unpaired) electrons. The van der Waals surface area contributed by atoms with Gasteiger partial charge in [0.1, 0.15) is 0 Å². The molecule has 0 fully saturated rings. The largest absolute Gasteiger partial charge is 0.383 e. The van der Waals surface area contributed by atoms with Crippen molar-refractivity contribution in [1.82, 2.24) is 0 Å². The molecule has 0 saturated heterocycles. The van der Waals surface area contributed by atoms with Gasteiger partial charge in [-0.2, -0.15) is 0 Å². The predicted molar refractivity (Wildman–Crippen MR) is 63.4 cm³/mol. The fraction of sp³-hybridized carbons (Fsp3) is 0.400. The third-order valence-electron chi connectivity index (χ3n) is 2.49. The smallest absolute Gasteiger partial charge is 0.0535 e. The van der Waals surface area contributed by atoms with Crippen LogP contribution in [0.5, 0.6) is 0 Å². The van der Waals surface area contributed by atoms with E-state index in [1.807, 2.05) is 0 Å². The average molecular weight is 305 g/mol. The lowest BCUT2D eigenvalue weighted by atomic mass is 9.87. The Morgan fingerprint density at radius 2 is 1.85 bits per heavy atom. The summed E-state index contributed by atoms with van der Waals surface area (Å²) in [4.78, 5) is 0. The van der Waals surface area contributed by atoms with E-state index >= 15 is 0 Å². The zero-order chi connectivity index (χ0) is 9.64. The molecule has 0 amide bonds. The van der Waals surface area contributed by atoms with Gasteiger partial charge in [0.05, 0.1) is 5.69 Å². The number of anilines is 1. The summed E-state index contributed by atoms with van der Waals surface area (Å²) in [6.07, 6.45) is 0. The van der Waals surface area contributed by atoms with Gasteiger partial charge in [-0.1, -0.05) is 29.8 Å². The average Bonchev–Trinajstić information content (AvgIpc) is 2.36. The zero-order valence-electron chi connectivity index (χ0n) is 7.62. The van der Waals surface area contributed by atoms with E-state index in [2.05, 4.69) is 63.2 Å². The molecule has 0 saturated carbocycles. The van der Waals surface area contributed by atoms with Gasteiger partial charge in [0.15, 0.2) is 0 Å². The van der Waals surface area contributed by atoms with E-state index < -0.39 is 0 Å². The molecule has 1 aliphatic rings. The minimum absolute atomic E-state index is 0.220. The lowest BCUT2D eigenvalue weighted by Gasteiger charge is -2.18. The van der Waals surface area contributed by atoms with Crippen molar-refractivity contribution in [1.29, 1.82) is 0 Å². The molecular weight excluding hydrogens is 294 g/mol. The summed E-state index contributed by atoms with van der Waals surface area (Å²) in [5.74, 6) is 0. The maximum atomic E-state index is 3.60. The summed E-state index contributed by atoms with van der Waals surface area (Å²) in [5, 5.41) is 3.42. The van der Waals surface area contributed by atoms with Crippen LogP contribution in [0.3, 0.4) is 0 Å². The molecule has 1 N–H and O–H groups in total. The molecule has 1 nitrogen and oxygen atoms in total. The first-order valence-corrected chi connectivity index (χ1v) is 5.83. The van der Waals surface area contributed by atoms with Gasteiger partial charge in [0, 0.05) is 20.9 Å². The van der Waals surface area contributed by atoms with Crippen LogP contribution in [0.15, 0.2) is 21.1 Å². The van der Waals surface area contributed by atoms with Crippen molar-refractivity contribution in [2.24, 2.45) is 0 Å². The molecule has 1 aromatic carbocycles. The van der Waals surface area contributed by atoms with Crippen molar-refractivity contribution in [2.75, 3.05) is 11.9 Å². The number of rotatable bonds is 0. The van der Waals surface area contributed by atoms with Crippen LogP contribution in [0.1, 0.15) is 19.4 Å². The molecule has 0 aromatic heterocycles. The summed E-state index contributed by atoms with van der Waals surface area (Å²) in [7, 11) is 0. The Morgan fingerprint density at radius 1 is 1.23 bits per heavy atom. The number of halogens is 2.